The van der Waals surface area contributed by atoms with E-state index in [-0.39, 0.29) is 18.2 Å². The summed E-state index contributed by atoms with van der Waals surface area (Å²) >= 11 is 0. The Morgan fingerprint density at radius 2 is 1.88 bits per heavy atom. The van der Waals surface area contributed by atoms with Crippen molar-refractivity contribution < 1.29 is 14.6 Å². The molecule has 1 aromatic rings. The van der Waals surface area contributed by atoms with E-state index in [4.69, 9.17) is 4.74 Å². The van der Waals surface area contributed by atoms with Crippen molar-refractivity contribution in [3.05, 3.63) is 35.9 Å². The predicted octanol–water partition coefficient (Wildman–Crippen LogP) is 4.12. The lowest BCUT2D eigenvalue weighted by Crippen LogP contribution is -2.60. The van der Waals surface area contributed by atoms with Gasteiger partial charge in [0.25, 0.3) is 0 Å². The van der Waals surface area contributed by atoms with Gasteiger partial charge in [0.05, 0.1) is 5.60 Å². The maximum Gasteiger partial charge on any atom is 0.410 e. The zero-order chi connectivity index (χ0) is 17.2. The summed E-state index contributed by atoms with van der Waals surface area (Å²) in [5.74, 6) is 0.465. The molecule has 2 saturated heterocycles. The zero-order valence-electron chi connectivity index (χ0n) is 14.8. The summed E-state index contributed by atoms with van der Waals surface area (Å²) in [6, 6.07) is 10.0. The molecular weight excluding hydrogens is 302 g/mol. The first kappa shape index (κ1) is 17.3. The van der Waals surface area contributed by atoms with Crippen LogP contribution in [0.2, 0.25) is 0 Å². The molecule has 1 N–H and O–H groups in total. The van der Waals surface area contributed by atoms with Crippen LogP contribution in [-0.2, 0) is 11.3 Å². The second-order valence-electron chi connectivity index (χ2n) is 7.92. The van der Waals surface area contributed by atoms with Crippen LogP contribution in [-0.4, -0.2) is 33.8 Å². The number of benzene rings is 1. The van der Waals surface area contributed by atoms with Gasteiger partial charge in [0, 0.05) is 12.1 Å². The van der Waals surface area contributed by atoms with Gasteiger partial charge in [0.1, 0.15) is 6.61 Å². The average molecular weight is 331 g/mol. The summed E-state index contributed by atoms with van der Waals surface area (Å²) in [6.45, 7) is 4.61. The largest absolute Gasteiger partial charge is 0.445 e. The van der Waals surface area contributed by atoms with E-state index in [1.807, 2.05) is 35.2 Å². The minimum absolute atomic E-state index is 0.115. The van der Waals surface area contributed by atoms with Crippen molar-refractivity contribution in [3.8, 4) is 0 Å². The van der Waals surface area contributed by atoms with Gasteiger partial charge >= 0.3 is 6.09 Å². The van der Waals surface area contributed by atoms with Crippen molar-refractivity contribution in [2.24, 2.45) is 5.92 Å². The van der Waals surface area contributed by atoms with Gasteiger partial charge in [-0.15, -0.1) is 0 Å². The standard InChI is InChI=1S/C20H29NO3/c1-15(2)11-20(23)12-17-9-6-10-18(13-20)21(17)19(22)24-14-16-7-4-3-5-8-16/h3-5,7-8,15,17-18,23H,6,9-14H2,1-2H3. The van der Waals surface area contributed by atoms with Crippen LogP contribution in [0.15, 0.2) is 30.3 Å². The van der Waals surface area contributed by atoms with Crippen LogP contribution in [0.25, 0.3) is 0 Å². The first-order valence-corrected chi connectivity index (χ1v) is 9.18. The van der Waals surface area contributed by atoms with Crippen LogP contribution in [0.4, 0.5) is 4.79 Å². The Morgan fingerprint density at radius 3 is 2.46 bits per heavy atom. The number of hydrogen-bond acceptors (Lipinski definition) is 3. The fourth-order valence-corrected chi connectivity index (χ4v) is 4.55. The molecule has 0 spiro atoms. The Kier molecular flexibility index (Phi) is 5.14. The van der Waals surface area contributed by atoms with Crippen molar-refractivity contribution in [1.29, 1.82) is 0 Å². The number of piperidine rings is 2. The molecule has 2 unspecified atom stereocenters. The van der Waals surface area contributed by atoms with Crippen molar-refractivity contribution in [2.75, 3.05) is 0 Å². The first-order valence-electron chi connectivity index (χ1n) is 9.18. The number of carbonyl (C=O) groups excluding carboxylic acids is 1. The fourth-order valence-electron chi connectivity index (χ4n) is 4.55. The molecule has 1 aromatic carbocycles. The molecule has 1 amide bonds. The molecule has 0 aliphatic carbocycles. The molecule has 132 valence electrons. The number of hydrogen-bond donors (Lipinski definition) is 1. The van der Waals surface area contributed by atoms with E-state index in [1.165, 1.54) is 0 Å². The van der Waals surface area contributed by atoms with Gasteiger partial charge in [0.2, 0.25) is 0 Å². The maximum atomic E-state index is 12.6. The Bertz CT molecular complexity index is 543. The van der Waals surface area contributed by atoms with Gasteiger partial charge in [-0.05, 0) is 50.0 Å². The number of aliphatic hydroxyl groups is 1. The number of rotatable bonds is 4. The third kappa shape index (κ3) is 3.92. The van der Waals surface area contributed by atoms with Crippen LogP contribution in [0.3, 0.4) is 0 Å². The van der Waals surface area contributed by atoms with Crippen LogP contribution in [0, 0.1) is 5.92 Å². The van der Waals surface area contributed by atoms with Gasteiger partial charge in [-0.25, -0.2) is 4.79 Å². The topological polar surface area (TPSA) is 49.8 Å². The number of carbonyl (C=O) groups is 1. The molecule has 2 bridgehead atoms. The summed E-state index contributed by atoms with van der Waals surface area (Å²) in [4.78, 5) is 14.6. The predicted molar refractivity (Wildman–Crippen MR) is 93.5 cm³/mol. The van der Waals surface area contributed by atoms with Crippen molar-refractivity contribution in [2.45, 2.75) is 76.7 Å². The molecule has 2 aliphatic rings. The maximum absolute atomic E-state index is 12.6. The Labute approximate surface area is 144 Å². The number of ether oxygens (including phenoxy) is 1. The molecule has 4 nitrogen and oxygen atoms in total. The number of nitrogens with zero attached hydrogens (tertiary/aromatic N) is 1. The van der Waals surface area contributed by atoms with Crippen molar-refractivity contribution >= 4 is 6.09 Å². The van der Waals surface area contributed by atoms with Crippen LogP contribution in [0.5, 0.6) is 0 Å². The van der Waals surface area contributed by atoms with Gasteiger partial charge in [0.15, 0.2) is 0 Å². The second kappa shape index (κ2) is 7.14. The summed E-state index contributed by atoms with van der Waals surface area (Å²) < 4.78 is 5.56. The van der Waals surface area contributed by atoms with Crippen molar-refractivity contribution in [3.63, 3.8) is 0 Å². The minimum Gasteiger partial charge on any atom is -0.445 e. The normalized spacial score (nSPS) is 29.6. The summed E-state index contributed by atoms with van der Waals surface area (Å²) in [6.07, 6.45) is 5.03. The molecule has 2 fully saturated rings. The quantitative estimate of drug-likeness (QED) is 0.903. The van der Waals surface area contributed by atoms with Crippen LogP contribution in [0.1, 0.15) is 57.9 Å². The average Bonchev–Trinajstić information content (AvgIpc) is 2.51. The fraction of sp³-hybridized carbons (Fsp3) is 0.650. The van der Waals surface area contributed by atoms with Crippen molar-refractivity contribution in [1.82, 2.24) is 4.90 Å². The first-order chi connectivity index (χ1) is 11.5. The SMILES string of the molecule is CC(C)CC1(O)CC2CCCC(C1)N2C(=O)OCc1ccccc1. The lowest BCUT2D eigenvalue weighted by molar-refractivity contribution is -0.0940. The number of fused-ring (bicyclic) bond motifs is 2. The van der Waals surface area contributed by atoms with E-state index in [1.54, 1.807) is 0 Å². The molecule has 0 radical (unpaired) electrons. The molecule has 24 heavy (non-hydrogen) atoms. The third-order valence-corrected chi connectivity index (χ3v) is 5.30. The second-order valence-corrected chi connectivity index (χ2v) is 7.92. The van der Waals surface area contributed by atoms with Gasteiger partial charge in [-0.3, -0.25) is 0 Å². The van der Waals surface area contributed by atoms with E-state index < -0.39 is 5.60 Å². The highest BCUT2D eigenvalue weighted by atomic mass is 16.6. The molecule has 3 rings (SSSR count). The molecule has 4 heteroatoms. The van der Waals surface area contributed by atoms with Crippen LogP contribution >= 0.6 is 0 Å². The lowest BCUT2D eigenvalue weighted by Gasteiger charge is -2.51. The Balaban J connectivity index is 1.64. The van der Waals surface area contributed by atoms with E-state index in [2.05, 4.69) is 13.8 Å². The highest BCUT2D eigenvalue weighted by molar-refractivity contribution is 5.69. The zero-order valence-corrected chi connectivity index (χ0v) is 14.8. The van der Waals surface area contributed by atoms with Gasteiger partial charge in [-0.2, -0.15) is 0 Å². The van der Waals surface area contributed by atoms with Crippen LogP contribution < -0.4 is 0 Å². The molecule has 2 heterocycles. The molecule has 2 atom stereocenters. The molecule has 0 saturated carbocycles. The Morgan fingerprint density at radius 1 is 1.25 bits per heavy atom. The highest BCUT2D eigenvalue weighted by Crippen LogP contribution is 2.42. The minimum atomic E-state index is -0.625. The Hall–Kier alpha value is -1.55. The summed E-state index contributed by atoms with van der Waals surface area (Å²) in [5.41, 5.74) is 0.379. The van der Waals surface area contributed by atoms with E-state index in [0.29, 0.717) is 25.4 Å². The van der Waals surface area contributed by atoms with E-state index in [0.717, 1.165) is 31.2 Å². The third-order valence-electron chi connectivity index (χ3n) is 5.30. The monoisotopic (exact) mass is 331 g/mol. The summed E-state index contributed by atoms with van der Waals surface area (Å²) in [7, 11) is 0. The van der Waals surface area contributed by atoms with Gasteiger partial charge < -0.3 is 14.7 Å². The van der Waals surface area contributed by atoms with Gasteiger partial charge in [-0.1, -0.05) is 44.2 Å². The molecule has 0 aromatic heterocycles. The lowest BCUT2D eigenvalue weighted by atomic mass is 9.72. The molecular formula is C20H29NO3. The smallest absolute Gasteiger partial charge is 0.410 e. The highest BCUT2D eigenvalue weighted by Gasteiger charge is 2.47. The number of amides is 1. The van der Waals surface area contributed by atoms with E-state index >= 15 is 0 Å². The summed E-state index contributed by atoms with van der Waals surface area (Å²) in [5, 5.41) is 11.0. The molecule has 2 aliphatic heterocycles. The van der Waals surface area contributed by atoms with E-state index in [9.17, 15) is 9.90 Å².